The molecular formula is C26H23BrCl2N2O5. The van der Waals surface area contributed by atoms with Gasteiger partial charge in [-0.15, -0.1) is 23.2 Å². The monoisotopic (exact) mass is 592 g/mol. The van der Waals surface area contributed by atoms with Crippen LogP contribution in [0.25, 0.3) is 0 Å². The van der Waals surface area contributed by atoms with E-state index in [-0.39, 0.29) is 45.7 Å². The third-order valence-corrected chi connectivity index (χ3v) is 9.95. The van der Waals surface area contributed by atoms with Crippen LogP contribution in [-0.4, -0.2) is 41.1 Å². The van der Waals surface area contributed by atoms with Gasteiger partial charge in [-0.25, -0.2) is 4.79 Å². The second kappa shape index (κ2) is 9.47. The van der Waals surface area contributed by atoms with Gasteiger partial charge in [0.2, 0.25) is 11.8 Å². The second-order valence-electron chi connectivity index (χ2n) is 9.61. The smallest absolute Gasteiger partial charge is 0.338 e. The molecule has 0 aromatic heterocycles. The summed E-state index contributed by atoms with van der Waals surface area (Å²) < 4.78 is 6.14. The first-order valence-electron chi connectivity index (χ1n) is 11.6. The normalized spacial score (nSPS) is 28.4. The third-order valence-electron chi connectivity index (χ3n) is 7.38. The summed E-state index contributed by atoms with van der Waals surface area (Å²) in [5.74, 6) is -3.06. The SMILES string of the molecule is Cc1cc(NC(=O)COC(=O)c2cccc(N3C(=O)[C@@H]4[C@H]5C[C@@H]([C@H](Cl)[C@@H]5Cl)[C@@H]4C3=O)c2)cc(C)c1Br. The molecule has 36 heavy (non-hydrogen) atoms. The fourth-order valence-corrected chi connectivity index (χ4v) is 6.93. The van der Waals surface area contributed by atoms with E-state index in [0.717, 1.165) is 20.5 Å². The number of halogens is 3. The van der Waals surface area contributed by atoms with Crippen LogP contribution in [-0.2, 0) is 19.1 Å². The van der Waals surface area contributed by atoms with Gasteiger partial charge >= 0.3 is 5.97 Å². The Bertz CT molecular complexity index is 1250. The largest absolute Gasteiger partial charge is 0.452 e. The highest BCUT2D eigenvalue weighted by Crippen LogP contribution is 2.59. The quantitative estimate of drug-likeness (QED) is 0.304. The first-order chi connectivity index (χ1) is 17.1. The van der Waals surface area contributed by atoms with Crippen LogP contribution >= 0.6 is 39.1 Å². The van der Waals surface area contributed by atoms with Crippen molar-refractivity contribution in [3.8, 4) is 0 Å². The number of benzene rings is 2. The standard InChI is InChI=1S/C26H23BrCl2N2O5/c1-11-6-14(7-12(2)21(11)27)30-18(32)10-36-26(35)13-4-3-5-15(8-13)31-24(33)19-16-9-17(20(19)25(31)34)23(29)22(16)28/h3-8,16-17,19-20,22-23H,9-10H2,1-2H3,(H,30,32)/t16-,17-,19-,20+,22-,23+/m1/s1. The summed E-state index contributed by atoms with van der Waals surface area (Å²) in [6.07, 6.45) is 0.677. The number of rotatable bonds is 5. The van der Waals surface area contributed by atoms with Crippen LogP contribution in [0.5, 0.6) is 0 Å². The molecule has 2 saturated carbocycles. The minimum atomic E-state index is -0.740. The molecule has 1 aliphatic heterocycles. The van der Waals surface area contributed by atoms with Gasteiger partial charge in [0.25, 0.3) is 5.91 Å². The Morgan fingerprint density at radius 2 is 1.61 bits per heavy atom. The number of aryl methyl sites for hydroxylation is 2. The molecule has 0 unspecified atom stereocenters. The number of imide groups is 1. The van der Waals surface area contributed by atoms with Gasteiger partial charge in [0.15, 0.2) is 6.61 Å². The summed E-state index contributed by atoms with van der Waals surface area (Å²) >= 11 is 16.3. The van der Waals surface area contributed by atoms with Crippen LogP contribution in [0, 0.1) is 37.5 Å². The molecular weight excluding hydrogens is 571 g/mol. The molecule has 7 nitrogen and oxygen atoms in total. The molecule has 2 aromatic rings. The van der Waals surface area contributed by atoms with E-state index in [1.54, 1.807) is 12.1 Å². The van der Waals surface area contributed by atoms with E-state index in [1.165, 1.54) is 12.1 Å². The number of hydrogen-bond donors (Lipinski definition) is 1. The topological polar surface area (TPSA) is 92.8 Å². The first-order valence-corrected chi connectivity index (χ1v) is 13.2. The molecule has 2 aliphatic carbocycles. The Labute approximate surface area is 226 Å². The first kappa shape index (κ1) is 25.2. The van der Waals surface area contributed by atoms with Crippen molar-refractivity contribution in [1.82, 2.24) is 0 Å². The molecule has 0 spiro atoms. The lowest BCUT2D eigenvalue weighted by Crippen LogP contribution is -2.37. The number of hydrogen-bond acceptors (Lipinski definition) is 5. The van der Waals surface area contributed by atoms with Crippen molar-refractivity contribution in [2.45, 2.75) is 31.0 Å². The van der Waals surface area contributed by atoms with E-state index in [2.05, 4.69) is 21.2 Å². The van der Waals surface area contributed by atoms with Crippen molar-refractivity contribution in [3.05, 3.63) is 57.6 Å². The van der Waals surface area contributed by atoms with Crippen LogP contribution < -0.4 is 10.2 Å². The minimum absolute atomic E-state index is 0.127. The lowest BCUT2D eigenvalue weighted by atomic mass is 9.80. The maximum Gasteiger partial charge on any atom is 0.338 e. The number of esters is 1. The van der Waals surface area contributed by atoms with E-state index >= 15 is 0 Å². The van der Waals surface area contributed by atoms with E-state index in [0.29, 0.717) is 12.1 Å². The van der Waals surface area contributed by atoms with E-state index in [1.807, 2.05) is 26.0 Å². The molecule has 5 rings (SSSR count). The lowest BCUT2D eigenvalue weighted by molar-refractivity contribution is -0.123. The van der Waals surface area contributed by atoms with Crippen molar-refractivity contribution in [2.24, 2.45) is 23.7 Å². The van der Waals surface area contributed by atoms with Gasteiger partial charge in [-0.05, 0) is 73.6 Å². The molecule has 3 aliphatic rings. The Balaban J connectivity index is 1.26. The number of fused-ring (bicyclic) bond motifs is 5. The number of nitrogens with zero attached hydrogens (tertiary/aromatic N) is 1. The summed E-state index contributed by atoms with van der Waals surface area (Å²) in [5.41, 5.74) is 2.94. The van der Waals surface area contributed by atoms with Gasteiger partial charge in [0.1, 0.15) is 0 Å². The van der Waals surface area contributed by atoms with Crippen LogP contribution in [0.3, 0.4) is 0 Å². The maximum absolute atomic E-state index is 13.2. The predicted octanol–water partition coefficient (Wildman–Crippen LogP) is 4.83. The second-order valence-corrected chi connectivity index (χ2v) is 11.4. The van der Waals surface area contributed by atoms with E-state index in [9.17, 15) is 19.2 Å². The summed E-state index contributed by atoms with van der Waals surface area (Å²) in [6.45, 7) is 3.34. The van der Waals surface area contributed by atoms with Gasteiger partial charge in [0, 0.05) is 10.2 Å². The van der Waals surface area contributed by atoms with Crippen molar-refractivity contribution in [1.29, 1.82) is 0 Å². The van der Waals surface area contributed by atoms with Crippen LogP contribution in [0.15, 0.2) is 40.9 Å². The summed E-state index contributed by atoms with van der Waals surface area (Å²) in [4.78, 5) is 52.5. The maximum atomic E-state index is 13.2. The zero-order valence-electron chi connectivity index (χ0n) is 19.5. The molecule has 0 radical (unpaired) electrons. The summed E-state index contributed by atoms with van der Waals surface area (Å²) in [5, 5.41) is 2.03. The fourth-order valence-electron chi connectivity index (χ4n) is 5.80. The number of alkyl halides is 2. The van der Waals surface area contributed by atoms with Crippen molar-refractivity contribution in [2.75, 3.05) is 16.8 Å². The predicted molar refractivity (Wildman–Crippen MR) is 139 cm³/mol. The average molecular weight is 594 g/mol. The zero-order chi connectivity index (χ0) is 25.9. The van der Waals surface area contributed by atoms with Crippen LogP contribution in [0.4, 0.5) is 11.4 Å². The molecule has 3 amide bonds. The molecule has 1 saturated heterocycles. The molecule has 2 aromatic carbocycles. The molecule has 6 atom stereocenters. The molecule has 2 bridgehead atoms. The van der Waals surface area contributed by atoms with E-state index < -0.39 is 30.3 Å². The Hall–Kier alpha value is -2.42. The van der Waals surface area contributed by atoms with Gasteiger partial charge in [0.05, 0.1) is 33.8 Å². The van der Waals surface area contributed by atoms with Crippen molar-refractivity contribution >= 4 is 74.2 Å². The molecule has 1 N–H and O–H groups in total. The van der Waals surface area contributed by atoms with Gasteiger partial charge in [-0.1, -0.05) is 22.0 Å². The summed E-state index contributed by atoms with van der Waals surface area (Å²) in [6, 6.07) is 9.71. The summed E-state index contributed by atoms with van der Waals surface area (Å²) in [7, 11) is 0. The number of anilines is 2. The Morgan fingerprint density at radius 1 is 1.03 bits per heavy atom. The fraction of sp³-hybridized carbons (Fsp3) is 0.385. The molecule has 3 fully saturated rings. The van der Waals surface area contributed by atoms with Crippen LogP contribution in [0.2, 0.25) is 0 Å². The molecule has 188 valence electrons. The zero-order valence-corrected chi connectivity index (χ0v) is 22.6. The minimum Gasteiger partial charge on any atom is -0.452 e. The number of carbonyl (C=O) groups is 4. The van der Waals surface area contributed by atoms with Crippen molar-refractivity contribution in [3.63, 3.8) is 0 Å². The highest BCUT2D eigenvalue weighted by molar-refractivity contribution is 9.10. The third kappa shape index (κ3) is 4.13. The Kier molecular flexibility index (Phi) is 6.64. The Morgan fingerprint density at radius 3 is 2.19 bits per heavy atom. The number of nitrogens with one attached hydrogen (secondary N) is 1. The number of amides is 3. The van der Waals surface area contributed by atoms with Gasteiger partial charge < -0.3 is 10.1 Å². The van der Waals surface area contributed by atoms with Crippen molar-refractivity contribution < 1.29 is 23.9 Å². The molecule has 10 heteroatoms. The van der Waals surface area contributed by atoms with Crippen LogP contribution in [0.1, 0.15) is 27.9 Å². The van der Waals surface area contributed by atoms with E-state index in [4.69, 9.17) is 27.9 Å². The highest BCUT2D eigenvalue weighted by atomic mass is 79.9. The average Bonchev–Trinajstić information content (AvgIpc) is 3.45. The number of carbonyl (C=O) groups excluding carboxylic acids is 4. The number of ether oxygens (including phenoxy) is 1. The lowest BCUT2D eigenvalue weighted by Gasteiger charge is -2.28. The molecule has 1 heterocycles. The van der Waals surface area contributed by atoms with Gasteiger partial charge in [-0.2, -0.15) is 0 Å². The highest BCUT2D eigenvalue weighted by Gasteiger charge is 2.66. The van der Waals surface area contributed by atoms with Gasteiger partial charge in [-0.3, -0.25) is 19.3 Å².